The van der Waals surface area contributed by atoms with Gasteiger partial charge >= 0.3 is 0 Å². The van der Waals surface area contributed by atoms with E-state index in [-0.39, 0.29) is 5.92 Å². The third-order valence-electron chi connectivity index (χ3n) is 6.40. The molecule has 6 rings (SSSR count). The Morgan fingerprint density at radius 2 is 1.84 bits per heavy atom. The summed E-state index contributed by atoms with van der Waals surface area (Å²) in [4.78, 5) is 9.89. The number of piperidine rings is 3. The largest absolute Gasteiger partial charge is 0.337 e. The zero-order chi connectivity index (χ0) is 17.0. The third kappa shape index (κ3) is 2.40. The lowest BCUT2D eigenvalue weighted by molar-refractivity contribution is 0.0352. The van der Waals surface area contributed by atoms with Gasteiger partial charge in [0.1, 0.15) is 0 Å². The monoisotopic (exact) mass is 338 g/mol. The number of aromatic nitrogens is 2. The lowest BCUT2D eigenvalue weighted by Crippen LogP contribution is -2.60. The molecule has 4 saturated heterocycles. The average Bonchev–Trinajstić information content (AvgIpc) is 3.29. The predicted molar refractivity (Wildman–Crippen MR) is 96.8 cm³/mol. The molecule has 0 radical (unpaired) electrons. The van der Waals surface area contributed by atoms with Crippen molar-refractivity contribution in [2.45, 2.75) is 50.6 Å². The fraction of sp³-hybridized carbons (Fsp3) is 0.600. The van der Waals surface area contributed by atoms with Gasteiger partial charge < -0.3 is 9.42 Å². The fourth-order valence-corrected chi connectivity index (χ4v) is 5.22. The van der Waals surface area contributed by atoms with Gasteiger partial charge in [0.15, 0.2) is 0 Å². The van der Waals surface area contributed by atoms with E-state index in [1.807, 2.05) is 0 Å². The fourth-order valence-electron chi connectivity index (χ4n) is 5.22. The zero-order valence-corrected chi connectivity index (χ0v) is 15.0. The first-order chi connectivity index (χ1) is 12.2. The van der Waals surface area contributed by atoms with Crippen molar-refractivity contribution < 1.29 is 4.52 Å². The smallest absolute Gasteiger partial charge is 0.266 e. The van der Waals surface area contributed by atoms with Gasteiger partial charge in [-0.25, -0.2) is 0 Å². The van der Waals surface area contributed by atoms with Gasteiger partial charge in [-0.05, 0) is 42.6 Å². The van der Waals surface area contributed by atoms with Crippen molar-refractivity contribution in [3.63, 3.8) is 0 Å². The Morgan fingerprint density at radius 1 is 1.08 bits per heavy atom. The molecule has 25 heavy (non-hydrogen) atoms. The number of benzene rings is 1. The van der Waals surface area contributed by atoms with Gasteiger partial charge in [0.2, 0.25) is 5.89 Å². The summed E-state index contributed by atoms with van der Waals surface area (Å²) in [6.45, 7) is 7.68. The van der Waals surface area contributed by atoms with Crippen LogP contribution in [0.5, 0.6) is 0 Å². The molecule has 4 aliphatic rings. The SMILES string of the molecule is CC(C)c1nc(N2C[C@H](c3ccccc3)[C@@H]3[C@H]2C2CCN3CC2)no1. The van der Waals surface area contributed by atoms with Crippen LogP contribution in [0.25, 0.3) is 0 Å². The van der Waals surface area contributed by atoms with E-state index in [0.717, 1.165) is 24.3 Å². The maximum Gasteiger partial charge on any atom is 0.266 e. The van der Waals surface area contributed by atoms with Crippen LogP contribution in [0, 0.1) is 5.92 Å². The van der Waals surface area contributed by atoms with Crippen LogP contribution in [0.3, 0.4) is 0 Å². The van der Waals surface area contributed by atoms with Gasteiger partial charge in [-0.3, -0.25) is 4.90 Å². The van der Waals surface area contributed by atoms with Crippen molar-refractivity contribution in [1.29, 1.82) is 0 Å². The van der Waals surface area contributed by atoms with Crippen LogP contribution in [0.15, 0.2) is 34.9 Å². The highest BCUT2D eigenvalue weighted by molar-refractivity contribution is 5.41. The lowest BCUT2D eigenvalue weighted by atomic mass is 9.75. The Kier molecular flexibility index (Phi) is 3.59. The average molecular weight is 338 g/mol. The number of hydrogen-bond donors (Lipinski definition) is 0. The van der Waals surface area contributed by atoms with Crippen LogP contribution in [0.4, 0.5) is 5.95 Å². The van der Waals surface area contributed by atoms with E-state index in [1.54, 1.807) is 0 Å². The van der Waals surface area contributed by atoms with E-state index in [4.69, 9.17) is 9.51 Å². The predicted octanol–water partition coefficient (Wildman–Crippen LogP) is 3.26. The number of fused-ring (bicyclic) bond motifs is 2. The van der Waals surface area contributed by atoms with Crippen LogP contribution in [-0.2, 0) is 0 Å². The van der Waals surface area contributed by atoms with Crippen LogP contribution in [0.2, 0.25) is 0 Å². The summed E-state index contributed by atoms with van der Waals surface area (Å²) in [5.41, 5.74) is 1.44. The molecule has 1 aromatic carbocycles. The molecule has 132 valence electrons. The minimum atomic E-state index is 0.274. The Bertz CT molecular complexity index is 735. The molecule has 0 unspecified atom stereocenters. The molecular weight excluding hydrogens is 312 g/mol. The third-order valence-corrected chi connectivity index (χ3v) is 6.40. The Balaban J connectivity index is 1.53. The molecule has 3 atom stereocenters. The Labute approximate surface area is 149 Å². The van der Waals surface area contributed by atoms with E-state index >= 15 is 0 Å². The van der Waals surface area contributed by atoms with Crippen molar-refractivity contribution in [3.8, 4) is 0 Å². The molecule has 5 heterocycles. The lowest BCUT2D eigenvalue weighted by Gasteiger charge is -2.51. The molecular formula is C20H26N4O. The standard InChI is InChI=1S/C20H26N4O/c1-13(2)19-21-20(22-25-19)24-12-16(14-6-4-3-5-7-14)18-17(24)15-8-10-23(18)11-9-15/h3-7,13,15-18H,8-12H2,1-2H3/t16-,17-,18-/m1/s1. The maximum atomic E-state index is 5.52. The summed E-state index contributed by atoms with van der Waals surface area (Å²) in [5, 5.41) is 4.34. The second-order valence-electron chi connectivity index (χ2n) is 8.11. The molecule has 4 fully saturated rings. The van der Waals surface area contributed by atoms with Gasteiger partial charge in [-0.15, -0.1) is 0 Å². The molecule has 2 aromatic rings. The highest BCUT2D eigenvalue weighted by atomic mass is 16.5. The van der Waals surface area contributed by atoms with Crippen LogP contribution in [0.1, 0.15) is 50.0 Å². The summed E-state index contributed by atoms with van der Waals surface area (Å²) < 4.78 is 5.52. The van der Waals surface area contributed by atoms with E-state index < -0.39 is 0 Å². The number of anilines is 1. The van der Waals surface area contributed by atoms with Crippen LogP contribution in [-0.4, -0.2) is 46.8 Å². The normalized spacial score (nSPS) is 33.9. The number of rotatable bonds is 3. The zero-order valence-electron chi connectivity index (χ0n) is 15.0. The minimum Gasteiger partial charge on any atom is -0.337 e. The van der Waals surface area contributed by atoms with Crippen molar-refractivity contribution in [1.82, 2.24) is 15.0 Å². The molecule has 0 N–H and O–H groups in total. The second-order valence-corrected chi connectivity index (χ2v) is 8.11. The summed E-state index contributed by atoms with van der Waals surface area (Å²) in [5.74, 6) is 3.10. The first-order valence-corrected chi connectivity index (χ1v) is 9.61. The summed E-state index contributed by atoms with van der Waals surface area (Å²) in [6, 6.07) is 12.1. The highest BCUT2D eigenvalue weighted by Gasteiger charge is 2.54. The number of nitrogens with zero attached hydrogens (tertiary/aromatic N) is 4. The van der Waals surface area contributed by atoms with E-state index in [9.17, 15) is 0 Å². The van der Waals surface area contributed by atoms with Crippen molar-refractivity contribution >= 4 is 5.95 Å². The highest BCUT2D eigenvalue weighted by Crippen LogP contribution is 2.47. The molecule has 0 amide bonds. The summed E-state index contributed by atoms with van der Waals surface area (Å²) >= 11 is 0. The maximum absolute atomic E-state index is 5.52. The quantitative estimate of drug-likeness (QED) is 0.859. The van der Waals surface area contributed by atoms with E-state index in [1.165, 1.54) is 31.5 Å². The van der Waals surface area contributed by atoms with E-state index in [2.05, 4.69) is 59.1 Å². The Hall–Kier alpha value is -1.88. The number of hydrogen-bond acceptors (Lipinski definition) is 5. The molecule has 0 saturated carbocycles. The summed E-state index contributed by atoms with van der Waals surface area (Å²) in [7, 11) is 0. The topological polar surface area (TPSA) is 45.4 Å². The molecule has 0 aliphatic carbocycles. The molecule has 5 nitrogen and oxygen atoms in total. The van der Waals surface area contributed by atoms with Crippen molar-refractivity contribution in [2.24, 2.45) is 5.92 Å². The van der Waals surface area contributed by atoms with Gasteiger partial charge in [-0.1, -0.05) is 44.2 Å². The molecule has 4 aliphatic heterocycles. The van der Waals surface area contributed by atoms with Crippen molar-refractivity contribution in [3.05, 3.63) is 41.8 Å². The van der Waals surface area contributed by atoms with Gasteiger partial charge in [0, 0.05) is 24.4 Å². The van der Waals surface area contributed by atoms with Gasteiger partial charge in [-0.2, -0.15) is 4.98 Å². The second kappa shape index (κ2) is 5.84. The summed E-state index contributed by atoms with van der Waals surface area (Å²) in [6.07, 6.45) is 2.60. The molecule has 2 bridgehead atoms. The minimum absolute atomic E-state index is 0.274. The first kappa shape index (κ1) is 15.4. The van der Waals surface area contributed by atoms with Crippen molar-refractivity contribution in [2.75, 3.05) is 24.5 Å². The Morgan fingerprint density at radius 3 is 2.52 bits per heavy atom. The first-order valence-electron chi connectivity index (χ1n) is 9.61. The molecule has 0 spiro atoms. The molecule has 5 heteroatoms. The van der Waals surface area contributed by atoms with E-state index in [0.29, 0.717) is 18.0 Å². The van der Waals surface area contributed by atoms with Gasteiger partial charge in [0.05, 0.1) is 6.04 Å². The van der Waals surface area contributed by atoms with Crippen LogP contribution >= 0.6 is 0 Å². The van der Waals surface area contributed by atoms with Crippen LogP contribution < -0.4 is 4.90 Å². The molecule has 1 aromatic heterocycles. The van der Waals surface area contributed by atoms with Gasteiger partial charge in [0.25, 0.3) is 5.95 Å².